The molecule has 0 aromatic heterocycles. The van der Waals surface area contributed by atoms with Crippen LogP contribution >= 0.6 is 81.7 Å². The number of halogens is 4. The van der Waals surface area contributed by atoms with Crippen LogP contribution in [0.15, 0.2) is 43.8 Å². The van der Waals surface area contributed by atoms with Crippen LogP contribution < -0.4 is 0 Å². The first-order valence-corrected chi connectivity index (χ1v) is 11.4. The molecule has 0 aliphatic carbocycles. The van der Waals surface area contributed by atoms with Gasteiger partial charge in [0.2, 0.25) is 0 Å². The van der Waals surface area contributed by atoms with E-state index in [4.69, 9.17) is 56.6 Å². The lowest BCUT2D eigenvalue weighted by atomic mass is 10.3. The van der Waals surface area contributed by atoms with Gasteiger partial charge in [-0.3, -0.25) is 0 Å². The van der Waals surface area contributed by atoms with Crippen molar-refractivity contribution >= 4 is 81.7 Å². The van der Waals surface area contributed by atoms with Crippen molar-refractivity contribution in [1.29, 1.82) is 0 Å². The molecule has 2 N–H and O–H groups in total. The lowest BCUT2D eigenvalue weighted by Gasteiger charge is -2.11. The summed E-state index contributed by atoms with van der Waals surface area (Å²) >= 11 is 29.5. The third-order valence-electron chi connectivity index (χ3n) is 2.85. The molecule has 0 unspecified atom stereocenters. The number of hydrogen-bond donors (Lipinski definition) is 2. The zero-order chi connectivity index (χ0) is 18.4. The quantitative estimate of drug-likeness (QED) is 0.419. The molecule has 0 saturated carbocycles. The van der Waals surface area contributed by atoms with E-state index in [0.29, 0.717) is 31.6 Å². The summed E-state index contributed by atoms with van der Waals surface area (Å²) in [4.78, 5) is 3.25. The van der Waals surface area contributed by atoms with Crippen LogP contribution in [0.4, 0.5) is 0 Å². The van der Waals surface area contributed by atoms with E-state index < -0.39 is 0 Å². The average Bonchev–Trinajstić information content (AvgIpc) is 2.53. The second-order valence-electron chi connectivity index (χ2n) is 4.68. The van der Waals surface area contributed by atoms with Crippen LogP contribution in [0.5, 0.6) is 0 Å². The van der Waals surface area contributed by atoms with Crippen molar-refractivity contribution in [2.24, 2.45) is 0 Å². The maximum atomic E-state index is 8.94. The van der Waals surface area contributed by atoms with Gasteiger partial charge >= 0.3 is 0 Å². The van der Waals surface area contributed by atoms with E-state index >= 15 is 0 Å². The van der Waals surface area contributed by atoms with E-state index in [1.165, 1.54) is 35.3 Å². The minimum absolute atomic E-state index is 0.0610. The molecular formula is C16H14Cl4O2S3. The Morgan fingerprint density at radius 3 is 1.24 bits per heavy atom. The Hall–Kier alpha value is 0.570. The van der Waals surface area contributed by atoms with Gasteiger partial charge in [0.1, 0.15) is 0 Å². The van der Waals surface area contributed by atoms with Gasteiger partial charge in [-0.15, -0.1) is 23.5 Å². The van der Waals surface area contributed by atoms with Gasteiger partial charge in [0.05, 0.1) is 33.3 Å². The Bertz CT molecular complexity index is 636. The fraction of sp³-hybridized carbons (Fsp3) is 0.250. The maximum Gasteiger partial charge on any atom is 0.0568 e. The minimum atomic E-state index is 0.0610. The third-order valence-corrected chi connectivity index (χ3v) is 7.67. The molecule has 2 aromatic carbocycles. The zero-order valence-corrected chi connectivity index (χ0v) is 18.2. The van der Waals surface area contributed by atoms with Crippen molar-refractivity contribution in [2.45, 2.75) is 19.6 Å². The van der Waals surface area contributed by atoms with Crippen molar-refractivity contribution in [3.8, 4) is 0 Å². The molecule has 0 saturated heterocycles. The van der Waals surface area contributed by atoms with Crippen LogP contribution in [-0.4, -0.2) is 34.9 Å². The molecule has 136 valence electrons. The number of benzene rings is 2. The van der Waals surface area contributed by atoms with E-state index in [1.807, 2.05) is 24.3 Å². The van der Waals surface area contributed by atoms with Crippen LogP contribution in [0.1, 0.15) is 0 Å². The Kier molecular flexibility index (Phi) is 9.44. The average molecular weight is 476 g/mol. The van der Waals surface area contributed by atoms with E-state index in [2.05, 4.69) is 0 Å². The topological polar surface area (TPSA) is 40.5 Å². The SMILES string of the molecule is OCCSc1c(Cl)cc(Sc2cc(Cl)c(SCCO)c(Cl)c2)cc1Cl. The highest BCUT2D eigenvalue weighted by Crippen LogP contribution is 2.42. The predicted molar refractivity (Wildman–Crippen MR) is 113 cm³/mol. The number of aliphatic hydroxyl groups excluding tert-OH is 2. The zero-order valence-electron chi connectivity index (χ0n) is 12.8. The first-order valence-electron chi connectivity index (χ1n) is 7.09. The lowest BCUT2D eigenvalue weighted by Crippen LogP contribution is -1.89. The Morgan fingerprint density at radius 1 is 0.640 bits per heavy atom. The van der Waals surface area contributed by atoms with Gasteiger partial charge in [-0.2, -0.15) is 0 Å². The third kappa shape index (κ3) is 6.30. The van der Waals surface area contributed by atoms with Crippen molar-refractivity contribution in [3.63, 3.8) is 0 Å². The van der Waals surface area contributed by atoms with Gasteiger partial charge in [-0.1, -0.05) is 58.2 Å². The summed E-state index contributed by atoms with van der Waals surface area (Å²) in [6.07, 6.45) is 0. The molecule has 0 heterocycles. The van der Waals surface area contributed by atoms with E-state index in [1.54, 1.807) is 0 Å². The van der Waals surface area contributed by atoms with Crippen LogP contribution in [-0.2, 0) is 0 Å². The Balaban J connectivity index is 2.22. The molecule has 2 nitrogen and oxygen atoms in total. The molecule has 0 radical (unpaired) electrons. The molecule has 0 aliphatic heterocycles. The smallest absolute Gasteiger partial charge is 0.0568 e. The molecule has 0 bridgehead atoms. The minimum Gasteiger partial charge on any atom is -0.396 e. The Morgan fingerprint density at radius 2 is 0.960 bits per heavy atom. The van der Waals surface area contributed by atoms with Gasteiger partial charge in [-0.05, 0) is 24.3 Å². The standard InChI is InChI=1S/C16H14Cl4O2S3/c17-11-5-9(6-12(18)15(11)23-3-1-21)25-10-7-13(19)16(14(20)8-10)24-4-2-22/h5-8,21-22H,1-4H2. The molecule has 0 spiro atoms. The summed E-state index contributed by atoms with van der Waals surface area (Å²) in [5, 5.41) is 20.0. The molecule has 2 rings (SSSR count). The summed E-state index contributed by atoms with van der Waals surface area (Å²) in [5.74, 6) is 1.06. The van der Waals surface area contributed by atoms with E-state index in [0.717, 1.165) is 19.6 Å². The largest absolute Gasteiger partial charge is 0.396 e. The Labute approximate surface area is 179 Å². The van der Waals surface area contributed by atoms with Gasteiger partial charge in [-0.25, -0.2) is 0 Å². The maximum absolute atomic E-state index is 8.94. The van der Waals surface area contributed by atoms with E-state index in [9.17, 15) is 0 Å². The molecule has 9 heteroatoms. The van der Waals surface area contributed by atoms with Crippen molar-refractivity contribution in [1.82, 2.24) is 0 Å². The second-order valence-corrected chi connectivity index (χ2v) is 9.66. The van der Waals surface area contributed by atoms with E-state index in [-0.39, 0.29) is 13.2 Å². The fourth-order valence-corrected chi connectivity index (χ4v) is 6.14. The van der Waals surface area contributed by atoms with Gasteiger partial charge in [0, 0.05) is 31.1 Å². The van der Waals surface area contributed by atoms with Crippen molar-refractivity contribution in [2.75, 3.05) is 24.7 Å². The summed E-state index contributed by atoms with van der Waals surface area (Å²) in [7, 11) is 0. The highest BCUT2D eigenvalue weighted by molar-refractivity contribution is 8.00. The van der Waals surface area contributed by atoms with Crippen LogP contribution in [0.2, 0.25) is 20.1 Å². The number of thioether (sulfide) groups is 2. The fourth-order valence-electron chi connectivity index (χ4n) is 1.90. The molecule has 0 atom stereocenters. The molecule has 0 aliphatic rings. The predicted octanol–water partition coefficient (Wildman–Crippen LogP) is 6.62. The summed E-state index contributed by atoms with van der Waals surface area (Å²) < 4.78 is 0. The lowest BCUT2D eigenvalue weighted by molar-refractivity contribution is 0.322. The summed E-state index contributed by atoms with van der Waals surface area (Å²) in [6.45, 7) is 0.122. The van der Waals surface area contributed by atoms with Crippen LogP contribution in [0.3, 0.4) is 0 Å². The summed E-state index contributed by atoms with van der Waals surface area (Å²) in [5.41, 5.74) is 0. The first-order chi connectivity index (χ1) is 12.0. The molecule has 2 aromatic rings. The van der Waals surface area contributed by atoms with Crippen molar-refractivity contribution in [3.05, 3.63) is 44.4 Å². The normalized spacial score (nSPS) is 11.1. The molecule has 0 fully saturated rings. The summed E-state index contributed by atoms with van der Waals surface area (Å²) in [6, 6.07) is 7.31. The first kappa shape index (κ1) is 21.9. The van der Waals surface area contributed by atoms with Gasteiger partial charge in [0.25, 0.3) is 0 Å². The monoisotopic (exact) mass is 474 g/mol. The number of aliphatic hydroxyl groups is 2. The van der Waals surface area contributed by atoms with Crippen molar-refractivity contribution < 1.29 is 10.2 Å². The highest BCUT2D eigenvalue weighted by Gasteiger charge is 2.13. The molecule has 25 heavy (non-hydrogen) atoms. The molecule has 0 amide bonds. The molecular weight excluding hydrogens is 462 g/mol. The van der Waals surface area contributed by atoms with Gasteiger partial charge < -0.3 is 10.2 Å². The van der Waals surface area contributed by atoms with Gasteiger partial charge in [0.15, 0.2) is 0 Å². The number of rotatable bonds is 8. The van der Waals surface area contributed by atoms with Crippen LogP contribution in [0.25, 0.3) is 0 Å². The second kappa shape index (κ2) is 10.8. The number of hydrogen-bond acceptors (Lipinski definition) is 5. The van der Waals surface area contributed by atoms with Crippen LogP contribution in [0, 0.1) is 0 Å². The highest BCUT2D eigenvalue weighted by atomic mass is 35.5.